The maximum absolute atomic E-state index is 5.10. The molecule has 0 bridgehead atoms. The van der Waals surface area contributed by atoms with Gasteiger partial charge in [0.1, 0.15) is 0 Å². The molecule has 104 valence electrons. The van der Waals surface area contributed by atoms with Gasteiger partial charge in [0.2, 0.25) is 5.95 Å². The van der Waals surface area contributed by atoms with Gasteiger partial charge in [0.05, 0.1) is 6.61 Å². The summed E-state index contributed by atoms with van der Waals surface area (Å²) in [5.41, 5.74) is 0.314. The summed E-state index contributed by atoms with van der Waals surface area (Å²) in [4.78, 5) is 4.38. The van der Waals surface area contributed by atoms with Gasteiger partial charge in [-0.2, -0.15) is 0 Å². The highest BCUT2D eigenvalue weighted by Crippen LogP contribution is 2.29. The van der Waals surface area contributed by atoms with Gasteiger partial charge in [-0.3, -0.25) is 0 Å². The van der Waals surface area contributed by atoms with Crippen LogP contribution in [0.1, 0.15) is 41.0 Å². The molecule has 0 aliphatic rings. The topological polar surface area (TPSA) is 39.1 Å². The van der Waals surface area contributed by atoms with Gasteiger partial charge in [-0.25, -0.2) is 4.98 Å². The quantitative estimate of drug-likeness (QED) is 0.846. The van der Waals surface area contributed by atoms with Crippen molar-refractivity contribution in [3.63, 3.8) is 0 Å². The van der Waals surface area contributed by atoms with Gasteiger partial charge in [-0.05, 0) is 25.7 Å². The number of imidazole rings is 1. The summed E-state index contributed by atoms with van der Waals surface area (Å²) >= 11 is 0. The first-order valence-electron chi connectivity index (χ1n) is 6.52. The Morgan fingerprint density at radius 2 is 1.94 bits per heavy atom. The van der Waals surface area contributed by atoms with E-state index in [9.17, 15) is 0 Å². The molecule has 18 heavy (non-hydrogen) atoms. The van der Waals surface area contributed by atoms with Crippen LogP contribution in [0.5, 0.6) is 0 Å². The first-order valence-corrected chi connectivity index (χ1v) is 6.52. The molecule has 0 fully saturated rings. The molecular weight excluding hydrogens is 226 g/mol. The van der Waals surface area contributed by atoms with Crippen molar-refractivity contribution >= 4 is 5.95 Å². The van der Waals surface area contributed by atoms with Gasteiger partial charge in [0, 0.05) is 31.6 Å². The highest BCUT2D eigenvalue weighted by Gasteiger charge is 2.26. The number of hydrogen-bond acceptors (Lipinski definition) is 3. The molecule has 1 aromatic rings. The van der Waals surface area contributed by atoms with E-state index in [1.54, 1.807) is 7.11 Å². The lowest BCUT2D eigenvalue weighted by molar-refractivity contribution is 0.187. The van der Waals surface area contributed by atoms with E-state index >= 15 is 0 Å². The van der Waals surface area contributed by atoms with Crippen LogP contribution in [0.4, 0.5) is 5.95 Å². The second-order valence-electron chi connectivity index (χ2n) is 6.68. The minimum absolute atomic E-state index is 0.0222. The summed E-state index contributed by atoms with van der Waals surface area (Å²) in [6, 6.07) is 0. The van der Waals surface area contributed by atoms with Crippen molar-refractivity contribution < 1.29 is 4.74 Å². The zero-order valence-electron chi connectivity index (χ0n) is 12.6. The molecule has 1 N–H and O–H groups in total. The highest BCUT2D eigenvalue weighted by molar-refractivity contribution is 5.30. The van der Waals surface area contributed by atoms with E-state index in [-0.39, 0.29) is 5.54 Å². The summed E-state index contributed by atoms with van der Waals surface area (Å²) in [5, 5.41) is 3.53. The second-order valence-corrected chi connectivity index (χ2v) is 6.68. The van der Waals surface area contributed by atoms with Gasteiger partial charge < -0.3 is 14.6 Å². The first-order chi connectivity index (χ1) is 8.23. The third kappa shape index (κ3) is 5.08. The predicted molar refractivity (Wildman–Crippen MR) is 75.9 cm³/mol. The summed E-state index contributed by atoms with van der Waals surface area (Å²) < 4.78 is 7.20. The molecule has 0 radical (unpaired) electrons. The molecule has 0 aromatic carbocycles. The Labute approximate surface area is 111 Å². The molecule has 0 atom stereocenters. The van der Waals surface area contributed by atoms with Crippen molar-refractivity contribution in [2.45, 2.75) is 53.1 Å². The number of methoxy groups -OCH3 is 1. The van der Waals surface area contributed by atoms with Crippen molar-refractivity contribution in [3.05, 3.63) is 12.4 Å². The number of rotatable bonds is 6. The molecule has 0 aliphatic heterocycles. The molecule has 0 saturated heterocycles. The Hall–Kier alpha value is -1.03. The van der Waals surface area contributed by atoms with Crippen LogP contribution in [-0.4, -0.2) is 28.8 Å². The highest BCUT2D eigenvalue weighted by atomic mass is 16.5. The lowest BCUT2D eigenvalue weighted by atomic mass is 9.82. The summed E-state index contributed by atoms with van der Waals surface area (Å²) in [7, 11) is 1.72. The average molecular weight is 253 g/mol. The third-order valence-corrected chi connectivity index (χ3v) is 2.67. The predicted octanol–water partition coefficient (Wildman–Crippen LogP) is 3.16. The van der Waals surface area contributed by atoms with Crippen LogP contribution in [0.15, 0.2) is 12.4 Å². The first kappa shape index (κ1) is 15.0. The maximum atomic E-state index is 5.10. The van der Waals surface area contributed by atoms with Gasteiger partial charge in [0.25, 0.3) is 0 Å². The summed E-state index contributed by atoms with van der Waals surface area (Å²) in [6.07, 6.45) is 4.89. The molecule has 1 heterocycles. The van der Waals surface area contributed by atoms with Crippen LogP contribution in [0, 0.1) is 5.41 Å². The number of nitrogens with zero attached hydrogens (tertiary/aromatic N) is 2. The molecular formula is C14H27N3O. The minimum atomic E-state index is 0.0222. The molecule has 4 nitrogen and oxygen atoms in total. The lowest BCUT2D eigenvalue weighted by Crippen LogP contribution is -2.36. The zero-order chi connectivity index (χ0) is 13.8. The van der Waals surface area contributed by atoms with E-state index in [0.717, 1.165) is 18.9 Å². The van der Waals surface area contributed by atoms with Gasteiger partial charge >= 0.3 is 0 Å². The standard InChI is InChI=1S/C14H27N3O/c1-13(2,3)11-14(4,5)16-12-15-7-8-17(12)9-10-18-6/h7-8H,9-11H2,1-6H3,(H,15,16). The van der Waals surface area contributed by atoms with Crippen LogP contribution in [0.3, 0.4) is 0 Å². The Morgan fingerprint density at radius 1 is 1.28 bits per heavy atom. The molecule has 0 aliphatic carbocycles. The molecule has 0 spiro atoms. The van der Waals surface area contributed by atoms with E-state index < -0.39 is 0 Å². The third-order valence-electron chi connectivity index (χ3n) is 2.67. The Balaban J connectivity index is 2.68. The molecule has 1 rings (SSSR count). The fourth-order valence-electron chi connectivity index (χ4n) is 2.48. The fourth-order valence-corrected chi connectivity index (χ4v) is 2.48. The number of hydrogen-bond donors (Lipinski definition) is 1. The van der Waals surface area contributed by atoms with Crippen LogP contribution >= 0.6 is 0 Å². The normalized spacial score (nSPS) is 12.8. The van der Waals surface area contributed by atoms with Crippen molar-refractivity contribution in [2.75, 3.05) is 19.0 Å². The molecule has 4 heteroatoms. The Kier molecular flexibility index (Phi) is 4.79. The van der Waals surface area contributed by atoms with E-state index in [1.165, 1.54) is 0 Å². The van der Waals surface area contributed by atoms with Crippen LogP contribution < -0.4 is 5.32 Å². The van der Waals surface area contributed by atoms with E-state index in [1.807, 2.05) is 12.4 Å². The molecule has 0 unspecified atom stereocenters. The van der Waals surface area contributed by atoms with Gasteiger partial charge in [0.15, 0.2) is 0 Å². The largest absolute Gasteiger partial charge is 0.383 e. The smallest absolute Gasteiger partial charge is 0.203 e. The average Bonchev–Trinajstić information content (AvgIpc) is 2.57. The van der Waals surface area contributed by atoms with E-state index in [0.29, 0.717) is 12.0 Å². The second kappa shape index (κ2) is 5.74. The minimum Gasteiger partial charge on any atom is -0.383 e. The van der Waals surface area contributed by atoms with Crippen LogP contribution in [0.2, 0.25) is 0 Å². The zero-order valence-corrected chi connectivity index (χ0v) is 12.6. The summed E-state index contributed by atoms with van der Waals surface area (Å²) in [5.74, 6) is 0.918. The summed E-state index contributed by atoms with van der Waals surface area (Å²) in [6.45, 7) is 12.7. The Bertz CT molecular complexity index is 363. The number of ether oxygens (including phenoxy) is 1. The van der Waals surface area contributed by atoms with E-state index in [4.69, 9.17) is 4.74 Å². The van der Waals surface area contributed by atoms with Gasteiger partial charge in [-0.15, -0.1) is 0 Å². The van der Waals surface area contributed by atoms with Crippen molar-refractivity contribution in [3.8, 4) is 0 Å². The fraction of sp³-hybridized carbons (Fsp3) is 0.786. The number of aromatic nitrogens is 2. The van der Waals surface area contributed by atoms with Crippen LogP contribution in [0.25, 0.3) is 0 Å². The van der Waals surface area contributed by atoms with Crippen molar-refractivity contribution in [1.29, 1.82) is 0 Å². The van der Waals surface area contributed by atoms with E-state index in [2.05, 4.69) is 49.5 Å². The number of anilines is 1. The van der Waals surface area contributed by atoms with Crippen LogP contribution in [-0.2, 0) is 11.3 Å². The lowest BCUT2D eigenvalue weighted by Gasteiger charge is -2.33. The molecule has 0 saturated carbocycles. The number of nitrogens with one attached hydrogen (secondary N) is 1. The monoisotopic (exact) mass is 253 g/mol. The molecule has 1 aromatic heterocycles. The maximum Gasteiger partial charge on any atom is 0.203 e. The SMILES string of the molecule is COCCn1ccnc1NC(C)(C)CC(C)(C)C. The van der Waals surface area contributed by atoms with Crippen molar-refractivity contribution in [2.24, 2.45) is 5.41 Å². The van der Waals surface area contributed by atoms with Gasteiger partial charge in [-0.1, -0.05) is 20.8 Å². The Morgan fingerprint density at radius 3 is 2.50 bits per heavy atom. The van der Waals surface area contributed by atoms with Crippen molar-refractivity contribution in [1.82, 2.24) is 9.55 Å². The molecule has 0 amide bonds.